The van der Waals surface area contributed by atoms with Crippen LogP contribution in [0.1, 0.15) is 22.0 Å². The zero-order valence-electron chi connectivity index (χ0n) is 15.2. The Kier molecular flexibility index (Phi) is 6.70. The molecule has 1 unspecified atom stereocenters. The molecule has 29 heavy (non-hydrogen) atoms. The van der Waals surface area contributed by atoms with Crippen molar-refractivity contribution in [3.63, 3.8) is 0 Å². The fraction of sp³-hybridized carbons (Fsp3) is 0.143. The van der Waals surface area contributed by atoms with Gasteiger partial charge in [-0.25, -0.2) is 0 Å². The van der Waals surface area contributed by atoms with E-state index in [-0.39, 0.29) is 18.2 Å². The van der Waals surface area contributed by atoms with Crippen molar-refractivity contribution in [1.29, 1.82) is 0 Å². The van der Waals surface area contributed by atoms with E-state index in [0.717, 1.165) is 0 Å². The summed E-state index contributed by atoms with van der Waals surface area (Å²) in [6.07, 6.45) is 2.19. The number of hydrogen-bond acceptors (Lipinski definition) is 5. The van der Waals surface area contributed by atoms with Gasteiger partial charge >= 0.3 is 6.61 Å². The quantitative estimate of drug-likeness (QED) is 0.599. The molecule has 1 atom stereocenters. The van der Waals surface area contributed by atoms with Crippen LogP contribution in [0.4, 0.5) is 8.78 Å². The van der Waals surface area contributed by atoms with Crippen LogP contribution in [0.15, 0.2) is 73.1 Å². The van der Waals surface area contributed by atoms with Gasteiger partial charge < -0.3 is 19.9 Å². The van der Waals surface area contributed by atoms with E-state index in [2.05, 4.69) is 15.0 Å². The van der Waals surface area contributed by atoms with Gasteiger partial charge in [-0.05, 0) is 48.0 Å². The summed E-state index contributed by atoms with van der Waals surface area (Å²) in [7, 11) is 0. The van der Waals surface area contributed by atoms with Crippen molar-refractivity contribution in [3.8, 4) is 17.2 Å². The van der Waals surface area contributed by atoms with Crippen LogP contribution in [-0.4, -0.2) is 29.2 Å². The van der Waals surface area contributed by atoms with E-state index >= 15 is 0 Å². The molecule has 0 aliphatic rings. The zero-order chi connectivity index (χ0) is 20.6. The van der Waals surface area contributed by atoms with Gasteiger partial charge in [-0.2, -0.15) is 8.78 Å². The van der Waals surface area contributed by atoms with Gasteiger partial charge in [-0.15, -0.1) is 0 Å². The summed E-state index contributed by atoms with van der Waals surface area (Å²) >= 11 is 0. The van der Waals surface area contributed by atoms with Gasteiger partial charge in [0.1, 0.15) is 17.2 Å². The summed E-state index contributed by atoms with van der Waals surface area (Å²) in [5, 5.41) is 12.8. The number of aliphatic hydroxyl groups excluding tert-OH is 1. The smallest absolute Gasteiger partial charge is 0.387 e. The SMILES string of the molecule is O=C(NCC(O)c1ccc(OC(F)F)cc1)c1cccc(Oc2ccncc2)c1. The summed E-state index contributed by atoms with van der Waals surface area (Å²) in [5.74, 6) is 0.680. The number of benzene rings is 2. The van der Waals surface area contributed by atoms with Crippen LogP contribution in [0.3, 0.4) is 0 Å². The number of carbonyl (C=O) groups excluding carboxylic acids is 1. The number of halogens is 2. The molecule has 2 N–H and O–H groups in total. The Morgan fingerprint density at radius 2 is 1.72 bits per heavy atom. The molecule has 3 rings (SSSR count). The highest BCUT2D eigenvalue weighted by molar-refractivity contribution is 5.94. The molecule has 1 amide bonds. The maximum atomic E-state index is 12.4. The van der Waals surface area contributed by atoms with Crippen molar-refractivity contribution in [2.75, 3.05) is 6.54 Å². The molecule has 0 aliphatic heterocycles. The Morgan fingerprint density at radius 1 is 1.00 bits per heavy atom. The van der Waals surface area contributed by atoms with Crippen molar-refractivity contribution in [2.45, 2.75) is 12.7 Å². The normalized spacial score (nSPS) is 11.7. The summed E-state index contributed by atoms with van der Waals surface area (Å²) in [6.45, 7) is -2.97. The number of hydrogen-bond donors (Lipinski definition) is 2. The molecular formula is C21H18F2N2O4. The number of alkyl halides is 2. The molecule has 0 saturated heterocycles. The number of aromatic nitrogens is 1. The van der Waals surface area contributed by atoms with Crippen LogP contribution in [0.2, 0.25) is 0 Å². The van der Waals surface area contributed by atoms with Crippen LogP contribution in [0, 0.1) is 0 Å². The second-order valence-electron chi connectivity index (χ2n) is 5.99. The van der Waals surface area contributed by atoms with E-state index in [1.165, 1.54) is 24.3 Å². The number of carbonyl (C=O) groups is 1. The van der Waals surface area contributed by atoms with E-state index in [1.807, 2.05) is 0 Å². The lowest BCUT2D eigenvalue weighted by molar-refractivity contribution is -0.0498. The highest BCUT2D eigenvalue weighted by Gasteiger charge is 2.13. The van der Waals surface area contributed by atoms with Gasteiger partial charge in [-0.1, -0.05) is 18.2 Å². The predicted molar refractivity (Wildman–Crippen MR) is 101 cm³/mol. The zero-order valence-corrected chi connectivity index (χ0v) is 15.2. The Labute approximate surface area is 165 Å². The largest absolute Gasteiger partial charge is 0.457 e. The van der Waals surface area contributed by atoms with Crippen LogP contribution >= 0.6 is 0 Å². The number of aliphatic hydroxyl groups is 1. The Balaban J connectivity index is 1.56. The van der Waals surface area contributed by atoms with E-state index in [4.69, 9.17) is 4.74 Å². The van der Waals surface area contributed by atoms with Crippen molar-refractivity contribution in [2.24, 2.45) is 0 Å². The second kappa shape index (κ2) is 9.61. The molecule has 6 nitrogen and oxygen atoms in total. The first kappa shape index (κ1) is 20.2. The maximum absolute atomic E-state index is 12.4. The standard InChI is InChI=1S/C21H18F2N2O4/c22-21(23)29-16-6-4-14(5-7-16)19(26)13-25-20(27)15-2-1-3-18(12-15)28-17-8-10-24-11-9-17/h1-12,19,21,26H,13H2,(H,25,27). The Bertz CT molecular complexity index is 937. The minimum Gasteiger partial charge on any atom is -0.457 e. The minimum absolute atomic E-state index is 0.00834. The van der Waals surface area contributed by atoms with Gasteiger partial charge in [0.15, 0.2) is 0 Å². The number of amides is 1. The predicted octanol–water partition coefficient (Wildman–Crippen LogP) is 3.94. The lowest BCUT2D eigenvalue weighted by Crippen LogP contribution is -2.28. The van der Waals surface area contributed by atoms with Crippen LogP contribution < -0.4 is 14.8 Å². The molecule has 2 aromatic carbocycles. The molecule has 0 bridgehead atoms. The van der Waals surface area contributed by atoms with Gasteiger partial charge in [0.2, 0.25) is 0 Å². The first-order chi connectivity index (χ1) is 14.0. The minimum atomic E-state index is -2.91. The van der Waals surface area contributed by atoms with Gasteiger partial charge in [0, 0.05) is 24.5 Å². The number of nitrogens with zero attached hydrogens (tertiary/aromatic N) is 1. The maximum Gasteiger partial charge on any atom is 0.387 e. The Morgan fingerprint density at radius 3 is 2.41 bits per heavy atom. The second-order valence-corrected chi connectivity index (χ2v) is 5.99. The molecule has 8 heteroatoms. The molecule has 3 aromatic rings. The summed E-state index contributed by atoms with van der Waals surface area (Å²) < 4.78 is 34.3. The Hall–Kier alpha value is -3.52. The third-order valence-corrected chi connectivity index (χ3v) is 3.93. The third-order valence-electron chi connectivity index (χ3n) is 3.93. The number of nitrogens with one attached hydrogen (secondary N) is 1. The van der Waals surface area contributed by atoms with E-state index < -0.39 is 12.7 Å². The molecule has 0 fully saturated rings. The summed E-state index contributed by atoms with van der Waals surface area (Å²) in [5.41, 5.74) is 0.825. The molecule has 1 heterocycles. The fourth-order valence-electron chi connectivity index (χ4n) is 2.52. The van der Waals surface area contributed by atoms with Crippen LogP contribution in [-0.2, 0) is 0 Å². The molecule has 150 valence electrons. The molecule has 0 radical (unpaired) electrons. The molecule has 1 aromatic heterocycles. The first-order valence-corrected chi connectivity index (χ1v) is 8.70. The van der Waals surface area contributed by atoms with Gasteiger partial charge in [0.05, 0.1) is 6.10 Å². The molecule has 0 aliphatic carbocycles. The number of pyridine rings is 1. The monoisotopic (exact) mass is 400 g/mol. The average molecular weight is 400 g/mol. The lowest BCUT2D eigenvalue weighted by atomic mass is 10.1. The number of rotatable bonds is 8. The van der Waals surface area contributed by atoms with Crippen molar-refractivity contribution >= 4 is 5.91 Å². The fourth-order valence-corrected chi connectivity index (χ4v) is 2.52. The molecule has 0 saturated carbocycles. The molecular weight excluding hydrogens is 382 g/mol. The van der Waals surface area contributed by atoms with Crippen molar-refractivity contribution in [1.82, 2.24) is 10.3 Å². The third kappa shape index (κ3) is 5.98. The van der Waals surface area contributed by atoms with E-state index in [0.29, 0.717) is 22.6 Å². The topological polar surface area (TPSA) is 80.7 Å². The molecule has 0 spiro atoms. The average Bonchev–Trinajstić information content (AvgIpc) is 2.73. The van der Waals surface area contributed by atoms with E-state index in [1.54, 1.807) is 48.8 Å². The van der Waals surface area contributed by atoms with Crippen LogP contribution in [0.5, 0.6) is 17.2 Å². The lowest BCUT2D eigenvalue weighted by Gasteiger charge is -2.13. The summed E-state index contributed by atoms with van der Waals surface area (Å²) in [6, 6.07) is 15.6. The highest BCUT2D eigenvalue weighted by Crippen LogP contribution is 2.22. The van der Waals surface area contributed by atoms with Gasteiger partial charge in [-0.3, -0.25) is 9.78 Å². The van der Waals surface area contributed by atoms with Crippen LogP contribution in [0.25, 0.3) is 0 Å². The van der Waals surface area contributed by atoms with E-state index in [9.17, 15) is 18.7 Å². The number of ether oxygens (including phenoxy) is 2. The first-order valence-electron chi connectivity index (χ1n) is 8.70. The van der Waals surface area contributed by atoms with Crippen molar-refractivity contribution < 1.29 is 28.2 Å². The highest BCUT2D eigenvalue weighted by atomic mass is 19.3. The van der Waals surface area contributed by atoms with Gasteiger partial charge in [0.25, 0.3) is 5.91 Å². The summed E-state index contributed by atoms with van der Waals surface area (Å²) in [4.78, 5) is 16.3. The van der Waals surface area contributed by atoms with Crippen molar-refractivity contribution in [3.05, 3.63) is 84.2 Å².